The van der Waals surface area contributed by atoms with Gasteiger partial charge < -0.3 is 5.32 Å². The Morgan fingerprint density at radius 1 is 1.21 bits per heavy atom. The number of nitrogens with one attached hydrogen (secondary N) is 1. The van der Waals surface area contributed by atoms with Crippen LogP contribution in [0.25, 0.3) is 0 Å². The number of aryl methyl sites for hydroxylation is 1. The number of hydrogen-bond donors (Lipinski definition) is 2. The third kappa shape index (κ3) is 5.14. The lowest BCUT2D eigenvalue weighted by Gasteiger charge is -2.15. The highest BCUT2D eigenvalue weighted by Gasteiger charge is 2.13. The van der Waals surface area contributed by atoms with Crippen LogP contribution < -0.4 is 10.5 Å². The quantitative estimate of drug-likeness (QED) is 0.837. The van der Waals surface area contributed by atoms with Crippen molar-refractivity contribution < 1.29 is 17.6 Å². The summed E-state index contributed by atoms with van der Waals surface area (Å²) in [7, 11) is -3.78. The molecule has 0 spiro atoms. The van der Waals surface area contributed by atoms with Gasteiger partial charge in [0.05, 0.1) is 10.9 Å². The standard InChI is InChI=1S/C17H19FN2O3S/c1-12(14-3-2-4-16(11-14)24(19,22)23)20-17(21)10-7-13-5-8-15(18)9-6-13/h2-6,8-9,11-12H,7,10H2,1H3,(H,20,21)(H2,19,22,23)/t12-/m0/s1. The van der Waals surface area contributed by atoms with Crippen molar-refractivity contribution in [3.63, 3.8) is 0 Å². The van der Waals surface area contributed by atoms with E-state index in [0.717, 1.165) is 5.56 Å². The number of primary sulfonamides is 1. The molecule has 1 amide bonds. The molecular weight excluding hydrogens is 331 g/mol. The lowest BCUT2D eigenvalue weighted by atomic mass is 10.1. The third-order valence-corrected chi connectivity index (χ3v) is 4.53. The van der Waals surface area contributed by atoms with E-state index in [-0.39, 0.29) is 29.1 Å². The molecule has 0 radical (unpaired) electrons. The van der Waals surface area contributed by atoms with E-state index in [1.165, 1.54) is 24.3 Å². The van der Waals surface area contributed by atoms with Crippen molar-refractivity contribution in [3.05, 3.63) is 65.5 Å². The van der Waals surface area contributed by atoms with E-state index in [4.69, 9.17) is 5.14 Å². The number of benzene rings is 2. The second kappa shape index (κ2) is 7.55. The monoisotopic (exact) mass is 350 g/mol. The molecule has 5 nitrogen and oxygen atoms in total. The van der Waals surface area contributed by atoms with Crippen LogP contribution in [-0.2, 0) is 21.2 Å². The fourth-order valence-corrected chi connectivity index (χ4v) is 2.84. The van der Waals surface area contributed by atoms with Crippen LogP contribution in [0.5, 0.6) is 0 Å². The molecule has 0 unspecified atom stereocenters. The normalized spacial score (nSPS) is 12.6. The molecule has 0 aliphatic heterocycles. The van der Waals surface area contributed by atoms with E-state index < -0.39 is 10.0 Å². The number of rotatable bonds is 6. The van der Waals surface area contributed by atoms with Gasteiger partial charge in [-0.05, 0) is 48.7 Å². The van der Waals surface area contributed by atoms with Crippen LogP contribution in [0, 0.1) is 5.82 Å². The van der Waals surface area contributed by atoms with Gasteiger partial charge in [-0.2, -0.15) is 0 Å². The van der Waals surface area contributed by atoms with Crippen LogP contribution in [0.3, 0.4) is 0 Å². The topological polar surface area (TPSA) is 89.3 Å². The summed E-state index contributed by atoms with van der Waals surface area (Å²) in [6, 6.07) is 11.8. The molecule has 0 saturated carbocycles. The Bertz CT molecular complexity index is 820. The minimum absolute atomic E-state index is 0.00686. The Hall–Kier alpha value is -2.25. The number of carbonyl (C=O) groups is 1. The SMILES string of the molecule is C[C@H](NC(=O)CCc1ccc(F)cc1)c1cccc(S(N)(=O)=O)c1. The molecule has 7 heteroatoms. The summed E-state index contributed by atoms with van der Waals surface area (Å²) >= 11 is 0. The molecule has 0 aliphatic rings. The largest absolute Gasteiger partial charge is 0.350 e. The predicted octanol–water partition coefficient (Wildman–Crippen LogP) is 2.28. The van der Waals surface area contributed by atoms with Gasteiger partial charge >= 0.3 is 0 Å². The smallest absolute Gasteiger partial charge is 0.238 e. The van der Waals surface area contributed by atoms with E-state index in [1.54, 1.807) is 31.2 Å². The van der Waals surface area contributed by atoms with Crippen LogP contribution in [0.15, 0.2) is 53.4 Å². The van der Waals surface area contributed by atoms with Gasteiger partial charge in [0.1, 0.15) is 5.82 Å². The zero-order valence-electron chi connectivity index (χ0n) is 13.2. The minimum Gasteiger partial charge on any atom is -0.350 e. The van der Waals surface area contributed by atoms with Crippen molar-refractivity contribution in [2.75, 3.05) is 0 Å². The number of amides is 1. The molecular formula is C17H19FN2O3S. The first-order chi connectivity index (χ1) is 11.3. The van der Waals surface area contributed by atoms with E-state index in [2.05, 4.69) is 5.32 Å². The molecule has 0 bridgehead atoms. The molecule has 24 heavy (non-hydrogen) atoms. The Morgan fingerprint density at radius 2 is 1.88 bits per heavy atom. The molecule has 2 aromatic carbocycles. The molecule has 0 heterocycles. The molecule has 2 rings (SSSR count). The Kier molecular flexibility index (Phi) is 5.69. The maximum atomic E-state index is 12.8. The van der Waals surface area contributed by atoms with Gasteiger partial charge in [0.15, 0.2) is 0 Å². The van der Waals surface area contributed by atoms with Crippen molar-refractivity contribution in [1.29, 1.82) is 0 Å². The average Bonchev–Trinajstić information content (AvgIpc) is 2.53. The highest BCUT2D eigenvalue weighted by molar-refractivity contribution is 7.89. The van der Waals surface area contributed by atoms with E-state index >= 15 is 0 Å². The zero-order valence-corrected chi connectivity index (χ0v) is 14.0. The fraction of sp³-hybridized carbons (Fsp3) is 0.235. The number of hydrogen-bond acceptors (Lipinski definition) is 3. The summed E-state index contributed by atoms with van der Waals surface area (Å²) in [5.74, 6) is -0.487. The van der Waals surface area contributed by atoms with Crippen LogP contribution in [-0.4, -0.2) is 14.3 Å². The van der Waals surface area contributed by atoms with E-state index in [9.17, 15) is 17.6 Å². The van der Waals surface area contributed by atoms with Crippen molar-refractivity contribution in [1.82, 2.24) is 5.32 Å². The zero-order chi connectivity index (χ0) is 17.7. The lowest BCUT2D eigenvalue weighted by Crippen LogP contribution is -2.27. The highest BCUT2D eigenvalue weighted by Crippen LogP contribution is 2.17. The van der Waals surface area contributed by atoms with Gasteiger partial charge in [0.2, 0.25) is 15.9 Å². The minimum atomic E-state index is -3.78. The molecule has 1 atom stereocenters. The van der Waals surface area contributed by atoms with Crippen LogP contribution in [0.4, 0.5) is 4.39 Å². The summed E-state index contributed by atoms with van der Waals surface area (Å²) in [6.07, 6.45) is 0.751. The maximum absolute atomic E-state index is 12.8. The van der Waals surface area contributed by atoms with E-state index in [0.29, 0.717) is 12.0 Å². The first kappa shape index (κ1) is 18.1. The first-order valence-corrected chi connectivity index (χ1v) is 8.97. The van der Waals surface area contributed by atoms with Crippen LogP contribution in [0.2, 0.25) is 0 Å². The van der Waals surface area contributed by atoms with Crippen molar-refractivity contribution in [3.8, 4) is 0 Å². The Morgan fingerprint density at radius 3 is 2.50 bits per heavy atom. The number of halogens is 1. The number of sulfonamides is 1. The van der Waals surface area contributed by atoms with Gasteiger partial charge in [-0.25, -0.2) is 17.9 Å². The number of nitrogens with two attached hydrogens (primary N) is 1. The third-order valence-electron chi connectivity index (χ3n) is 3.62. The Balaban J connectivity index is 1.95. The van der Waals surface area contributed by atoms with Crippen molar-refractivity contribution >= 4 is 15.9 Å². The summed E-state index contributed by atoms with van der Waals surface area (Å²) in [6.45, 7) is 1.76. The molecule has 2 aromatic rings. The summed E-state index contributed by atoms with van der Waals surface area (Å²) < 4.78 is 35.6. The second-order valence-corrected chi connectivity index (χ2v) is 7.09. The average molecular weight is 350 g/mol. The Labute approximate surface area is 140 Å². The predicted molar refractivity (Wildman–Crippen MR) is 89.1 cm³/mol. The number of carbonyl (C=O) groups excluding carboxylic acids is 1. The van der Waals surface area contributed by atoms with Gasteiger partial charge in [-0.1, -0.05) is 24.3 Å². The van der Waals surface area contributed by atoms with Crippen LogP contribution in [0.1, 0.15) is 30.5 Å². The maximum Gasteiger partial charge on any atom is 0.238 e. The molecule has 0 fully saturated rings. The molecule has 0 saturated heterocycles. The van der Waals surface area contributed by atoms with Crippen LogP contribution >= 0.6 is 0 Å². The molecule has 3 N–H and O–H groups in total. The van der Waals surface area contributed by atoms with Gasteiger partial charge in [0.25, 0.3) is 0 Å². The van der Waals surface area contributed by atoms with E-state index in [1.807, 2.05) is 0 Å². The van der Waals surface area contributed by atoms with Crippen molar-refractivity contribution in [2.24, 2.45) is 5.14 Å². The molecule has 0 aliphatic carbocycles. The van der Waals surface area contributed by atoms with Gasteiger partial charge in [-0.15, -0.1) is 0 Å². The summed E-state index contributed by atoms with van der Waals surface area (Å²) in [5.41, 5.74) is 1.52. The van der Waals surface area contributed by atoms with Gasteiger partial charge in [0, 0.05) is 6.42 Å². The first-order valence-electron chi connectivity index (χ1n) is 7.42. The lowest BCUT2D eigenvalue weighted by molar-refractivity contribution is -0.121. The fourth-order valence-electron chi connectivity index (χ4n) is 2.27. The second-order valence-electron chi connectivity index (χ2n) is 5.53. The van der Waals surface area contributed by atoms with Crippen molar-refractivity contribution in [2.45, 2.75) is 30.7 Å². The highest BCUT2D eigenvalue weighted by atomic mass is 32.2. The molecule has 0 aromatic heterocycles. The molecule has 128 valence electrons. The summed E-state index contributed by atoms with van der Waals surface area (Å²) in [4.78, 5) is 12.0. The summed E-state index contributed by atoms with van der Waals surface area (Å²) in [5, 5.41) is 7.92. The van der Waals surface area contributed by atoms with Gasteiger partial charge in [-0.3, -0.25) is 4.79 Å².